The van der Waals surface area contributed by atoms with Gasteiger partial charge in [0.15, 0.2) is 0 Å². The second kappa shape index (κ2) is 5.61. The molecule has 0 atom stereocenters. The van der Waals surface area contributed by atoms with Crippen molar-refractivity contribution in [1.82, 2.24) is 5.32 Å². The van der Waals surface area contributed by atoms with Gasteiger partial charge in [-0.05, 0) is 37.8 Å². The molecule has 0 heterocycles. The lowest BCUT2D eigenvalue weighted by molar-refractivity contribution is 0.244. The van der Waals surface area contributed by atoms with E-state index in [-0.39, 0.29) is 6.03 Å². The fourth-order valence-corrected chi connectivity index (χ4v) is 2.32. The van der Waals surface area contributed by atoms with E-state index in [0.29, 0.717) is 11.4 Å². The quantitative estimate of drug-likeness (QED) is 0.876. The Morgan fingerprint density at radius 3 is 2.79 bits per heavy atom. The first-order valence-electron chi connectivity index (χ1n) is 6.32. The van der Waals surface area contributed by atoms with Gasteiger partial charge in [0, 0.05) is 11.8 Å². The SMILES string of the molecule is COc1cccc(NC(=O)NC2(C#N)CCCC2)c1. The van der Waals surface area contributed by atoms with Crippen LogP contribution in [0.4, 0.5) is 10.5 Å². The van der Waals surface area contributed by atoms with Gasteiger partial charge in [-0.2, -0.15) is 5.26 Å². The standard InChI is InChI=1S/C14H17N3O2/c1-19-12-6-4-5-11(9-12)16-13(18)17-14(10-15)7-2-3-8-14/h4-6,9H,2-3,7-8H2,1H3,(H2,16,17,18). The van der Waals surface area contributed by atoms with Crippen LogP contribution in [-0.2, 0) is 0 Å². The van der Waals surface area contributed by atoms with Crippen molar-refractivity contribution < 1.29 is 9.53 Å². The highest BCUT2D eigenvalue weighted by molar-refractivity contribution is 5.90. The number of urea groups is 1. The molecule has 0 spiro atoms. The van der Waals surface area contributed by atoms with Crippen LogP contribution < -0.4 is 15.4 Å². The summed E-state index contributed by atoms with van der Waals surface area (Å²) >= 11 is 0. The number of ether oxygens (including phenoxy) is 1. The lowest BCUT2D eigenvalue weighted by atomic mass is 10.0. The van der Waals surface area contributed by atoms with Gasteiger partial charge >= 0.3 is 6.03 Å². The number of nitrogens with one attached hydrogen (secondary N) is 2. The van der Waals surface area contributed by atoms with E-state index in [1.54, 1.807) is 31.4 Å². The fourth-order valence-electron chi connectivity index (χ4n) is 2.32. The third-order valence-corrected chi connectivity index (χ3v) is 3.35. The molecule has 1 aliphatic carbocycles. The van der Waals surface area contributed by atoms with Crippen LogP contribution in [0.25, 0.3) is 0 Å². The number of nitrogens with zero attached hydrogens (tertiary/aromatic N) is 1. The molecule has 0 aromatic heterocycles. The lowest BCUT2D eigenvalue weighted by Gasteiger charge is -2.22. The molecular weight excluding hydrogens is 242 g/mol. The molecule has 2 rings (SSSR count). The summed E-state index contributed by atoms with van der Waals surface area (Å²) in [6.45, 7) is 0. The second-order valence-electron chi connectivity index (χ2n) is 4.71. The Morgan fingerprint density at radius 2 is 2.16 bits per heavy atom. The zero-order valence-corrected chi connectivity index (χ0v) is 10.9. The Bertz CT molecular complexity index is 502. The molecule has 1 saturated carbocycles. The fraction of sp³-hybridized carbons (Fsp3) is 0.429. The Labute approximate surface area is 112 Å². The largest absolute Gasteiger partial charge is 0.497 e. The molecule has 0 radical (unpaired) electrons. The Balaban J connectivity index is 1.99. The third-order valence-electron chi connectivity index (χ3n) is 3.35. The van der Waals surface area contributed by atoms with Gasteiger partial charge in [-0.3, -0.25) is 0 Å². The predicted molar refractivity (Wildman–Crippen MR) is 72.0 cm³/mol. The van der Waals surface area contributed by atoms with E-state index in [4.69, 9.17) is 4.74 Å². The van der Waals surface area contributed by atoms with E-state index in [9.17, 15) is 10.1 Å². The minimum Gasteiger partial charge on any atom is -0.497 e. The van der Waals surface area contributed by atoms with Crippen molar-refractivity contribution in [3.63, 3.8) is 0 Å². The summed E-state index contributed by atoms with van der Waals surface area (Å²) in [6, 6.07) is 8.97. The van der Waals surface area contributed by atoms with Crippen molar-refractivity contribution >= 4 is 11.7 Å². The summed E-state index contributed by atoms with van der Waals surface area (Å²) in [4.78, 5) is 11.9. The molecule has 2 N–H and O–H groups in total. The summed E-state index contributed by atoms with van der Waals surface area (Å²) in [6.07, 6.45) is 3.39. The van der Waals surface area contributed by atoms with Gasteiger partial charge in [0.25, 0.3) is 0 Å². The summed E-state index contributed by atoms with van der Waals surface area (Å²) in [5.74, 6) is 0.675. The number of hydrogen-bond acceptors (Lipinski definition) is 3. The van der Waals surface area contributed by atoms with E-state index < -0.39 is 5.54 Å². The Hall–Kier alpha value is -2.22. The number of nitriles is 1. The van der Waals surface area contributed by atoms with Gasteiger partial charge in [0.05, 0.1) is 13.2 Å². The average molecular weight is 259 g/mol. The van der Waals surface area contributed by atoms with Gasteiger partial charge < -0.3 is 15.4 Å². The van der Waals surface area contributed by atoms with Crippen molar-refractivity contribution in [2.24, 2.45) is 0 Å². The minimum absolute atomic E-state index is 0.350. The van der Waals surface area contributed by atoms with Crippen molar-refractivity contribution in [3.8, 4) is 11.8 Å². The van der Waals surface area contributed by atoms with Gasteiger partial charge in [-0.25, -0.2) is 4.79 Å². The maximum atomic E-state index is 11.9. The first kappa shape index (κ1) is 13.2. The highest BCUT2D eigenvalue weighted by atomic mass is 16.5. The highest BCUT2D eigenvalue weighted by Crippen LogP contribution is 2.29. The van der Waals surface area contributed by atoms with Crippen LogP contribution >= 0.6 is 0 Å². The van der Waals surface area contributed by atoms with E-state index in [1.165, 1.54) is 0 Å². The van der Waals surface area contributed by atoms with Crippen LogP contribution in [0.1, 0.15) is 25.7 Å². The Kier molecular flexibility index (Phi) is 3.91. The van der Waals surface area contributed by atoms with Crippen LogP contribution in [0, 0.1) is 11.3 Å². The monoisotopic (exact) mass is 259 g/mol. The van der Waals surface area contributed by atoms with Gasteiger partial charge in [0.2, 0.25) is 0 Å². The van der Waals surface area contributed by atoms with Gasteiger partial charge in [-0.15, -0.1) is 0 Å². The number of benzene rings is 1. The average Bonchev–Trinajstić information content (AvgIpc) is 2.88. The number of methoxy groups -OCH3 is 1. The normalized spacial score (nSPS) is 16.4. The predicted octanol–water partition coefficient (Wildman–Crippen LogP) is 2.65. The molecule has 0 unspecified atom stereocenters. The maximum absolute atomic E-state index is 11.9. The molecule has 1 fully saturated rings. The summed E-state index contributed by atoms with van der Waals surface area (Å²) in [7, 11) is 1.57. The molecular formula is C14H17N3O2. The molecule has 0 aliphatic heterocycles. The molecule has 2 amide bonds. The minimum atomic E-state index is -0.705. The zero-order valence-electron chi connectivity index (χ0n) is 10.9. The van der Waals surface area contributed by atoms with Crippen LogP contribution in [0.2, 0.25) is 0 Å². The number of hydrogen-bond donors (Lipinski definition) is 2. The molecule has 1 aromatic rings. The van der Waals surface area contributed by atoms with Crippen LogP contribution in [0.15, 0.2) is 24.3 Å². The van der Waals surface area contributed by atoms with Crippen molar-refractivity contribution in [2.45, 2.75) is 31.2 Å². The molecule has 5 heteroatoms. The van der Waals surface area contributed by atoms with Gasteiger partial charge in [-0.1, -0.05) is 6.07 Å². The summed E-state index contributed by atoms with van der Waals surface area (Å²) in [5, 5.41) is 14.7. The van der Waals surface area contributed by atoms with Gasteiger partial charge in [0.1, 0.15) is 11.3 Å². The maximum Gasteiger partial charge on any atom is 0.320 e. The first-order valence-corrected chi connectivity index (χ1v) is 6.32. The summed E-state index contributed by atoms with van der Waals surface area (Å²) in [5.41, 5.74) is -0.0638. The molecule has 5 nitrogen and oxygen atoms in total. The van der Waals surface area contributed by atoms with Crippen molar-refractivity contribution in [2.75, 3.05) is 12.4 Å². The van der Waals surface area contributed by atoms with E-state index in [0.717, 1.165) is 25.7 Å². The third kappa shape index (κ3) is 3.16. The second-order valence-corrected chi connectivity index (χ2v) is 4.71. The molecule has 1 aliphatic rings. The lowest BCUT2D eigenvalue weighted by Crippen LogP contribution is -2.47. The van der Waals surface area contributed by atoms with Crippen LogP contribution in [0.3, 0.4) is 0 Å². The zero-order chi connectivity index (χ0) is 13.7. The highest BCUT2D eigenvalue weighted by Gasteiger charge is 2.35. The molecule has 0 saturated heterocycles. The first-order chi connectivity index (χ1) is 9.17. The molecule has 19 heavy (non-hydrogen) atoms. The van der Waals surface area contributed by atoms with Crippen LogP contribution in [0.5, 0.6) is 5.75 Å². The van der Waals surface area contributed by atoms with Crippen molar-refractivity contribution in [3.05, 3.63) is 24.3 Å². The summed E-state index contributed by atoms with van der Waals surface area (Å²) < 4.78 is 5.09. The topological polar surface area (TPSA) is 74.2 Å². The number of anilines is 1. The molecule has 100 valence electrons. The van der Waals surface area contributed by atoms with Crippen LogP contribution in [-0.4, -0.2) is 18.7 Å². The Morgan fingerprint density at radius 1 is 1.42 bits per heavy atom. The van der Waals surface area contributed by atoms with E-state index in [2.05, 4.69) is 16.7 Å². The smallest absolute Gasteiger partial charge is 0.320 e. The number of rotatable bonds is 3. The number of carbonyl (C=O) groups excluding carboxylic acids is 1. The molecule has 1 aromatic carbocycles. The number of carbonyl (C=O) groups is 1. The van der Waals surface area contributed by atoms with E-state index >= 15 is 0 Å². The molecule has 0 bridgehead atoms. The number of amides is 2. The van der Waals surface area contributed by atoms with Crippen molar-refractivity contribution in [1.29, 1.82) is 5.26 Å². The van der Waals surface area contributed by atoms with E-state index in [1.807, 2.05) is 0 Å².